The maximum atomic E-state index is 13.5. The van der Waals surface area contributed by atoms with Crippen LogP contribution in [0.3, 0.4) is 0 Å². The van der Waals surface area contributed by atoms with Gasteiger partial charge in [0.25, 0.3) is 5.91 Å². The Labute approximate surface area is 161 Å². The highest BCUT2D eigenvalue weighted by Crippen LogP contribution is 2.39. The molecule has 0 radical (unpaired) electrons. The Balaban J connectivity index is 1.79. The summed E-state index contributed by atoms with van der Waals surface area (Å²) in [5.41, 5.74) is 2.74. The molecule has 0 fully saturated rings. The van der Waals surface area contributed by atoms with Gasteiger partial charge in [0.2, 0.25) is 5.91 Å². The fourth-order valence-corrected chi connectivity index (χ4v) is 3.70. The summed E-state index contributed by atoms with van der Waals surface area (Å²) in [7, 11) is 1.75. The van der Waals surface area contributed by atoms with Crippen LogP contribution in [0.2, 0.25) is 0 Å². The molecule has 0 saturated heterocycles. The topological polar surface area (TPSA) is 76.0 Å². The first kappa shape index (κ1) is 17.9. The minimum Gasteiger partial charge on any atom is -0.339 e. The minimum absolute atomic E-state index is 0.339. The summed E-state index contributed by atoms with van der Waals surface area (Å²) in [6.45, 7) is 1.85. The summed E-state index contributed by atoms with van der Waals surface area (Å²) in [4.78, 5) is 25.6. The van der Waals surface area contributed by atoms with Gasteiger partial charge in [-0.2, -0.15) is 5.10 Å². The van der Waals surface area contributed by atoms with Gasteiger partial charge in [0.05, 0.1) is 5.69 Å². The standard InChI is InChI=1S/C21H19FN4O2/c1-12-16-17(13-8-10-15(22)11-9-13)18(21(28)24-19(16)26(2)25-12)23-20(27)14-6-4-3-5-7-14/h3-11,17-18H,1-2H3,(H,23,27)(H,24,28)/t17-,18+/m0/s1. The number of nitrogens with one attached hydrogen (secondary N) is 2. The number of carbonyl (C=O) groups is 2. The number of amides is 2. The number of rotatable bonds is 3. The average Bonchev–Trinajstić information content (AvgIpc) is 2.97. The molecule has 0 bridgehead atoms. The van der Waals surface area contributed by atoms with Crippen LogP contribution in [0, 0.1) is 12.7 Å². The summed E-state index contributed by atoms with van der Waals surface area (Å²) < 4.78 is 15.1. The van der Waals surface area contributed by atoms with Crippen molar-refractivity contribution in [2.75, 3.05) is 5.32 Å². The SMILES string of the molecule is Cc1nn(C)c2c1[C@H](c1ccc(F)cc1)[C@@H](NC(=O)c1ccccc1)C(=O)N2. The molecule has 2 N–H and O–H groups in total. The number of hydrogen-bond acceptors (Lipinski definition) is 3. The molecule has 2 heterocycles. The number of fused-ring (bicyclic) bond motifs is 1. The number of carbonyl (C=O) groups excluding carboxylic acids is 2. The minimum atomic E-state index is -0.853. The van der Waals surface area contributed by atoms with E-state index in [2.05, 4.69) is 15.7 Å². The van der Waals surface area contributed by atoms with Crippen LogP contribution in [0.15, 0.2) is 54.6 Å². The zero-order valence-electron chi connectivity index (χ0n) is 15.4. The molecule has 28 heavy (non-hydrogen) atoms. The van der Waals surface area contributed by atoms with Crippen molar-refractivity contribution in [1.29, 1.82) is 0 Å². The van der Waals surface area contributed by atoms with Crippen molar-refractivity contribution >= 4 is 17.6 Å². The lowest BCUT2D eigenvalue weighted by atomic mass is 9.82. The van der Waals surface area contributed by atoms with E-state index in [4.69, 9.17) is 0 Å². The first-order valence-corrected chi connectivity index (χ1v) is 8.91. The lowest BCUT2D eigenvalue weighted by Gasteiger charge is -2.32. The molecule has 2 aromatic carbocycles. The molecule has 1 aliphatic rings. The highest BCUT2D eigenvalue weighted by molar-refractivity contribution is 6.03. The van der Waals surface area contributed by atoms with Gasteiger partial charge in [-0.1, -0.05) is 30.3 Å². The number of aromatic nitrogens is 2. The van der Waals surface area contributed by atoms with Gasteiger partial charge in [0, 0.05) is 24.1 Å². The quantitative estimate of drug-likeness (QED) is 0.736. The molecule has 4 rings (SSSR count). The molecule has 1 aromatic heterocycles. The van der Waals surface area contributed by atoms with Gasteiger partial charge in [0.1, 0.15) is 17.7 Å². The smallest absolute Gasteiger partial charge is 0.251 e. The summed E-state index contributed by atoms with van der Waals surface area (Å²) in [5, 5.41) is 10.1. The first-order chi connectivity index (χ1) is 13.5. The van der Waals surface area contributed by atoms with E-state index in [-0.39, 0.29) is 17.6 Å². The summed E-state index contributed by atoms with van der Waals surface area (Å²) in [6, 6.07) is 13.8. The highest BCUT2D eigenvalue weighted by atomic mass is 19.1. The van der Waals surface area contributed by atoms with Gasteiger partial charge in [-0.25, -0.2) is 4.39 Å². The van der Waals surface area contributed by atoms with Gasteiger partial charge in [0.15, 0.2) is 0 Å². The number of benzene rings is 2. The predicted molar refractivity (Wildman–Crippen MR) is 103 cm³/mol. The molecule has 0 spiro atoms. The third-order valence-electron chi connectivity index (χ3n) is 4.99. The molecule has 2 amide bonds. The van der Waals surface area contributed by atoms with E-state index in [9.17, 15) is 14.0 Å². The van der Waals surface area contributed by atoms with Crippen molar-refractivity contribution in [3.05, 3.63) is 82.8 Å². The van der Waals surface area contributed by atoms with Gasteiger partial charge in [-0.3, -0.25) is 14.3 Å². The lowest BCUT2D eigenvalue weighted by molar-refractivity contribution is -0.118. The number of halogens is 1. The fourth-order valence-electron chi connectivity index (χ4n) is 3.70. The zero-order valence-corrected chi connectivity index (χ0v) is 15.4. The van der Waals surface area contributed by atoms with Crippen molar-refractivity contribution in [3.63, 3.8) is 0 Å². The normalized spacial score (nSPS) is 18.3. The van der Waals surface area contributed by atoms with Crippen LogP contribution in [0.1, 0.15) is 33.1 Å². The Morgan fingerprint density at radius 1 is 1.14 bits per heavy atom. The van der Waals surface area contributed by atoms with E-state index in [0.717, 1.165) is 16.8 Å². The molecule has 6 nitrogen and oxygen atoms in total. The maximum Gasteiger partial charge on any atom is 0.251 e. The second-order valence-corrected chi connectivity index (χ2v) is 6.81. The van der Waals surface area contributed by atoms with Crippen molar-refractivity contribution in [2.45, 2.75) is 18.9 Å². The van der Waals surface area contributed by atoms with Gasteiger partial charge < -0.3 is 10.6 Å². The highest BCUT2D eigenvalue weighted by Gasteiger charge is 2.41. The van der Waals surface area contributed by atoms with Crippen LogP contribution < -0.4 is 10.6 Å². The number of anilines is 1. The Hall–Kier alpha value is -3.48. The van der Waals surface area contributed by atoms with Crippen LogP contribution in [-0.4, -0.2) is 27.6 Å². The lowest BCUT2D eigenvalue weighted by Crippen LogP contribution is -2.50. The average molecular weight is 378 g/mol. The molecule has 142 valence electrons. The van der Waals surface area contributed by atoms with E-state index in [1.807, 2.05) is 13.0 Å². The number of hydrogen-bond donors (Lipinski definition) is 2. The maximum absolute atomic E-state index is 13.5. The monoisotopic (exact) mass is 378 g/mol. The zero-order chi connectivity index (χ0) is 19.8. The van der Waals surface area contributed by atoms with E-state index in [1.54, 1.807) is 48.1 Å². The molecule has 0 saturated carbocycles. The summed E-state index contributed by atoms with van der Waals surface area (Å²) >= 11 is 0. The number of nitrogens with zero attached hydrogens (tertiary/aromatic N) is 2. The van der Waals surface area contributed by atoms with Crippen LogP contribution in [-0.2, 0) is 11.8 Å². The molecule has 3 aromatic rings. The van der Waals surface area contributed by atoms with E-state index in [0.29, 0.717) is 11.4 Å². The van der Waals surface area contributed by atoms with Gasteiger partial charge in [-0.05, 0) is 36.8 Å². The molecule has 7 heteroatoms. The van der Waals surface area contributed by atoms with Crippen LogP contribution in [0.5, 0.6) is 0 Å². The molecule has 0 unspecified atom stereocenters. The molecule has 2 atom stereocenters. The summed E-state index contributed by atoms with van der Waals surface area (Å²) in [6.07, 6.45) is 0. The second-order valence-electron chi connectivity index (χ2n) is 6.81. The van der Waals surface area contributed by atoms with Gasteiger partial charge in [-0.15, -0.1) is 0 Å². The molecular formula is C21H19FN4O2. The summed E-state index contributed by atoms with van der Waals surface area (Å²) in [5.74, 6) is -0.947. The van der Waals surface area contributed by atoms with Crippen LogP contribution in [0.25, 0.3) is 0 Å². The Bertz CT molecular complexity index is 1040. The third kappa shape index (κ3) is 3.05. The van der Waals surface area contributed by atoms with Crippen molar-refractivity contribution in [3.8, 4) is 0 Å². The van der Waals surface area contributed by atoms with Crippen molar-refractivity contribution < 1.29 is 14.0 Å². The Kier molecular flexibility index (Phi) is 4.43. The molecule has 1 aliphatic heterocycles. The largest absolute Gasteiger partial charge is 0.339 e. The predicted octanol–water partition coefficient (Wildman–Crippen LogP) is 2.75. The Morgan fingerprint density at radius 2 is 1.82 bits per heavy atom. The number of aryl methyl sites for hydroxylation is 2. The third-order valence-corrected chi connectivity index (χ3v) is 4.99. The first-order valence-electron chi connectivity index (χ1n) is 8.91. The van der Waals surface area contributed by atoms with Gasteiger partial charge >= 0.3 is 0 Å². The molecular weight excluding hydrogens is 359 g/mol. The van der Waals surface area contributed by atoms with Crippen LogP contribution >= 0.6 is 0 Å². The van der Waals surface area contributed by atoms with E-state index < -0.39 is 12.0 Å². The van der Waals surface area contributed by atoms with E-state index >= 15 is 0 Å². The molecule has 0 aliphatic carbocycles. The second kappa shape index (κ2) is 6.92. The fraction of sp³-hybridized carbons (Fsp3) is 0.190. The van der Waals surface area contributed by atoms with Crippen molar-refractivity contribution in [1.82, 2.24) is 15.1 Å². The van der Waals surface area contributed by atoms with E-state index in [1.165, 1.54) is 12.1 Å². The van der Waals surface area contributed by atoms with Crippen molar-refractivity contribution in [2.24, 2.45) is 7.05 Å². The van der Waals surface area contributed by atoms with Crippen LogP contribution in [0.4, 0.5) is 10.2 Å². The Morgan fingerprint density at radius 3 is 2.50 bits per heavy atom.